The lowest BCUT2D eigenvalue weighted by Crippen LogP contribution is -2.18. The maximum Gasteiger partial charge on any atom is 0.271 e. The summed E-state index contributed by atoms with van der Waals surface area (Å²) in [5.41, 5.74) is 5.54. The van der Waals surface area contributed by atoms with E-state index >= 15 is 0 Å². The Morgan fingerprint density at radius 3 is 2.39 bits per heavy atom. The Morgan fingerprint density at radius 2 is 1.64 bits per heavy atom. The Hall–Kier alpha value is -3.80. The number of amides is 2. The van der Waals surface area contributed by atoms with Crippen LogP contribution in [0.1, 0.15) is 31.8 Å². The number of benzene rings is 3. The first-order valence-electron chi connectivity index (χ1n) is 8.59. The second-order valence-electron chi connectivity index (χ2n) is 6.10. The fraction of sp³-hybridized carbons (Fsp3) is 0.0455. The van der Waals surface area contributed by atoms with E-state index in [2.05, 4.69) is 15.8 Å². The van der Waals surface area contributed by atoms with Gasteiger partial charge in [0.25, 0.3) is 11.8 Å². The number of carbonyl (C=O) groups is 2. The van der Waals surface area contributed by atoms with Gasteiger partial charge in [-0.3, -0.25) is 9.59 Å². The number of nitrogens with zero attached hydrogens (tertiary/aromatic N) is 1. The van der Waals surface area contributed by atoms with Gasteiger partial charge in [-0.1, -0.05) is 30.3 Å². The summed E-state index contributed by atoms with van der Waals surface area (Å²) in [5.74, 6) is -1.21. The number of rotatable bonds is 5. The average Bonchev–Trinajstić information content (AvgIpc) is 2.70. The highest BCUT2D eigenvalue weighted by Gasteiger charge is 2.09. The molecule has 0 heterocycles. The Balaban J connectivity index is 1.65. The van der Waals surface area contributed by atoms with Crippen molar-refractivity contribution in [3.8, 4) is 0 Å². The lowest BCUT2D eigenvalue weighted by atomic mass is 10.1. The molecule has 0 spiro atoms. The predicted molar refractivity (Wildman–Crippen MR) is 107 cm³/mol. The smallest absolute Gasteiger partial charge is 0.271 e. The van der Waals surface area contributed by atoms with Crippen LogP contribution in [-0.2, 0) is 0 Å². The van der Waals surface area contributed by atoms with Gasteiger partial charge in [0, 0.05) is 16.8 Å². The maximum absolute atomic E-state index is 13.0. The zero-order valence-corrected chi connectivity index (χ0v) is 15.1. The third-order valence-corrected chi connectivity index (χ3v) is 4.05. The van der Waals surface area contributed by atoms with Crippen LogP contribution < -0.4 is 10.7 Å². The minimum Gasteiger partial charge on any atom is -0.322 e. The van der Waals surface area contributed by atoms with Gasteiger partial charge < -0.3 is 5.32 Å². The van der Waals surface area contributed by atoms with Crippen molar-refractivity contribution in [2.45, 2.75) is 6.92 Å². The summed E-state index contributed by atoms with van der Waals surface area (Å²) in [4.78, 5) is 24.5. The van der Waals surface area contributed by atoms with Gasteiger partial charge >= 0.3 is 0 Å². The summed E-state index contributed by atoms with van der Waals surface area (Å²) in [6, 6.07) is 19.4. The number of hydrogen-bond donors (Lipinski definition) is 2. The summed E-state index contributed by atoms with van der Waals surface area (Å²) in [6.07, 6.45) is 1.58. The van der Waals surface area contributed by atoms with Gasteiger partial charge in [-0.25, -0.2) is 9.82 Å². The van der Waals surface area contributed by atoms with Crippen molar-refractivity contribution in [2.75, 3.05) is 5.32 Å². The fourth-order valence-corrected chi connectivity index (χ4v) is 2.50. The Kier molecular flexibility index (Phi) is 5.91. The largest absolute Gasteiger partial charge is 0.322 e. The Labute approximate surface area is 161 Å². The summed E-state index contributed by atoms with van der Waals surface area (Å²) in [6.45, 7) is 1.95. The molecule has 3 aromatic rings. The van der Waals surface area contributed by atoms with E-state index in [-0.39, 0.29) is 0 Å². The topological polar surface area (TPSA) is 70.6 Å². The molecule has 0 aliphatic carbocycles. The highest BCUT2D eigenvalue weighted by Crippen LogP contribution is 2.13. The van der Waals surface area contributed by atoms with Gasteiger partial charge in [0.05, 0.1) is 6.21 Å². The van der Waals surface area contributed by atoms with Gasteiger partial charge in [0.1, 0.15) is 5.82 Å². The lowest BCUT2D eigenvalue weighted by Gasteiger charge is -2.07. The molecule has 3 rings (SSSR count). The van der Waals surface area contributed by atoms with Gasteiger partial charge in [-0.15, -0.1) is 0 Å². The molecule has 0 saturated carbocycles. The molecule has 0 aliphatic heterocycles. The van der Waals surface area contributed by atoms with Crippen LogP contribution in [0.4, 0.5) is 10.1 Å². The van der Waals surface area contributed by atoms with Crippen molar-refractivity contribution < 1.29 is 14.0 Å². The number of carbonyl (C=O) groups excluding carboxylic acids is 2. The van der Waals surface area contributed by atoms with E-state index in [0.29, 0.717) is 16.8 Å². The molecule has 6 heteroatoms. The summed E-state index contributed by atoms with van der Waals surface area (Å²) < 4.78 is 13.0. The molecule has 0 aromatic heterocycles. The van der Waals surface area contributed by atoms with E-state index in [1.165, 1.54) is 24.3 Å². The molecule has 0 saturated heterocycles. The predicted octanol–water partition coefficient (Wildman–Crippen LogP) is 4.15. The Bertz CT molecular complexity index is 1030. The minimum absolute atomic E-state index is 0.319. The van der Waals surface area contributed by atoms with Crippen LogP contribution in [0.5, 0.6) is 0 Å². The zero-order valence-electron chi connectivity index (χ0n) is 15.1. The molecule has 140 valence electrons. The number of anilines is 1. The van der Waals surface area contributed by atoms with Crippen molar-refractivity contribution in [3.05, 3.63) is 101 Å². The van der Waals surface area contributed by atoms with E-state index in [9.17, 15) is 14.0 Å². The van der Waals surface area contributed by atoms with Crippen LogP contribution in [0.25, 0.3) is 0 Å². The van der Waals surface area contributed by atoms with Crippen LogP contribution >= 0.6 is 0 Å². The molecule has 0 unspecified atom stereocenters. The number of hydrogen-bond acceptors (Lipinski definition) is 3. The monoisotopic (exact) mass is 375 g/mol. The molecule has 2 N–H and O–H groups in total. The second kappa shape index (κ2) is 8.73. The zero-order chi connectivity index (χ0) is 19.9. The molecule has 0 aliphatic rings. The molecule has 2 amide bonds. The highest BCUT2D eigenvalue weighted by molar-refractivity contribution is 6.05. The molecule has 0 radical (unpaired) electrons. The van der Waals surface area contributed by atoms with Crippen molar-refractivity contribution >= 4 is 23.7 Å². The fourth-order valence-electron chi connectivity index (χ4n) is 2.50. The van der Waals surface area contributed by atoms with Gasteiger partial charge in [0.15, 0.2) is 0 Å². The highest BCUT2D eigenvalue weighted by atomic mass is 19.1. The van der Waals surface area contributed by atoms with E-state index in [1.54, 1.807) is 30.5 Å². The summed E-state index contributed by atoms with van der Waals surface area (Å²) in [5, 5.41) is 6.66. The number of hydrazone groups is 1. The number of nitrogens with one attached hydrogen (secondary N) is 2. The molecule has 0 fully saturated rings. The van der Waals surface area contributed by atoms with Gasteiger partial charge in [0.2, 0.25) is 0 Å². The van der Waals surface area contributed by atoms with Crippen molar-refractivity contribution in [3.63, 3.8) is 0 Å². The van der Waals surface area contributed by atoms with Crippen molar-refractivity contribution in [1.29, 1.82) is 0 Å². The van der Waals surface area contributed by atoms with Gasteiger partial charge in [-0.05, 0) is 60.5 Å². The van der Waals surface area contributed by atoms with Crippen LogP contribution in [0.2, 0.25) is 0 Å². The second-order valence-corrected chi connectivity index (χ2v) is 6.10. The Morgan fingerprint density at radius 1 is 0.893 bits per heavy atom. The molecule has 28 heavy (non-hydrogen) atoms. The summed E-state index contributed by atoms with van der Waals surface area (Å²) in [7, 11) is 0. The molecule has 0 bridgehead atoms. The quantitative estimate of drug-likeness (QED) is 0.519. The minimum atomic E-state index is -0.415. The molecule has 0 atom stereocenters. The van der Waals surface area contributed by atoms with Crippen LogP contribution in [0.15, 0.2) is 77.9 Å². The van der Waals surface area contributed by atoms with E-state index in [1.807, 2.05) is 31.2 Å². The van der Waals surface area contributed by atoms with Crippen LogP contribution in [0.3, 0.4) is 0 Å². The number of halogens is 1. The lowest BCUT2D eigenvalue weighted by molar-refractivity contribution is 0.0953. The van der Waals surface area contributed by atoms with Crippen LogP contribution in [0, 0.1) is 12.7 Å². The van der Waals surface area contributed by atoms with E-state index < -0.39 is 17.6 Å². The number of aryl methyl sites for hydroxylation is 1. The average molecular weight is 375 g/mol. The third kappa shape index (κ3) is 4.88. The van der Waals surface area contributed by atoms with Crippen molar-refractivity contribution in [2.24, 2.45) is 5.10 Å². The first-order chi connectivity index (χ1) is 13.5. The molecule has 3 aromatic carbocycles. The maximum atomic E-state index is 13.0. The SMILES string of the molecule is Cc1ccccc1/C=N/NC(=O)c1cccc(NC(=O)c2ccc(F)cc2)c1. The summed E-state index contributed by atoms with van der Waals surface area (Å²) >= 11 is 0. The normalized spacial score (nSPS) is 10.6. The standard InChI is InChI=1S/C22H18FN3O2/c1-15-5-2-3-6-18(15)14-24-26-22(28)17-7-4-8-20(13-17)25-21(27)16-9-11-19(23)12-10-16/h2-14H,1H3,(H,25,27)(H,26,28)/b24-14+. The molecule has 5 nitrogen and oxygen atoms in total. The first-order valence-corrected chi connectivity index (χ1v) is 8.59. The molecular formula is C22H18FN3O2. The third-order valence-electron chi connectivity index (χ3n) is 4.05. The van der Waals surface area contributed by atoms with E-state index in [0.717, 1.165) is 11.1 Å². The van der Waals surface area contributed by atoms with Crippen LogP contribution in [-0.4, -0.2) is 18.0 Å². The molecular weight excluding hydrogens is 357 g/mol. The van der Waals surface area contributed by atoms with E-state index in [4.69, 9.17) is 0 Å². The van der Waals surface area contributed by atoms with Crippen molar-refractivity contribution in [1.82, 2.24) is 5.43 Å². The van der Waals surface area contributed by atoms with Gasteiger partial charge in [-0.2, -0.15) is 5.10 Å². The first kappa shape index (κ1) is 19.0.